The van der Waals surface area contributed by atoms with Gasteiger partial charge in [0.1, 0.15) is 5.69 Å². The van der Waals surface area contributed by atoms with E-state index in [-0.39, 0.29) is 0 Å². The fourth-order valence-corrected chi connectivity index (χ4v) is 2.72. The molecule has 0 bridgehead atoms. The molecular formula is C18H15N3O. The Kier molecular flexibility index (Phi) is 2.69. The molecule has 0 fully saturated rings. The molecule has 0 saturated heterocycles. The standard InChI is InChI=1S/C18H15N3O/c19-12-8-10-13(11-9-12)21-15-5-1-2-6-16(15)22-17-7-3-4-14(20)18(17)21/h1-11H,19-20H2. The van der Waals surface area contributed by atoms with Crippen molar-refractivity contribution in [2.75, 3.05) is 16.4 Å². The highest BCUT2D eigenvalue weighted by molar-refractivity contribution is 5.92. The fraction of sp³-hybridized carbons (Fsp3) is 0. The molecule has 0 spiro atoms. The van der Waals surface area contributed by atoms with Crippen LogP contribution in [-0.2, 0) is 0 Å². The lowest BCUT2D eigenvalue weighted by Crippen LogP contribution is -2.17. The van der Waals surface area contributed by atoms with E-state index in [4.69, 9.17) is 16.2 Å². The summed E-state index contributed by atoms with van der Waals surface area (Å²) >= 11 is 0. The Balaban J connectivity index is 1.98. The smallest absolute Gasteiger partial charge is 0.153 e. The van der Waals surface area contributed by atoms with Crippen molar-refractivity contribution in [2.24, 2.45) is 0 Å². The van der Waals surface area contributed by atoms with Crippen LogP contribution in [0.3, 0.4) is 0 Å². The van der Waals surface area contributed by atoms with Gasteiger partial charge in [-0.25, -0.2) is 0 Å². The number of benzene rings is 3. The minimum Gasteiger partial charge on any atom is -0.453 e. The number of fused-ring (bicyclic) bond motifs is 2. The van der Waals surface area contributed by atoms with Crippen molar-refractivity contribution < 1.29 is 4.74 Å². The van der Waals surface area contributed by atoms with Crippen LogP contribution in [-0.4, -0.2) is 0 Å². The van der Waals surface area contributed by atoms with Crippen LogP contribution < -0.4 is 21.1 Å². The van der Waals surface area contributed by atoms with Gasteiger partial charge in [0.25, 0.3) is 0 Å². The summed E-state index contributed by atoms with van der Waals surface area (Å²) in [4.78, 5) is 2.10. The molecule has 4 nitrogen and oxygen atoms in total. The average molecular weight is 289 g/mol. The second-order valence-electron chi connectivity index (χ2n) is 5.19. The maximum absolute atomic E-state index is 6.21. The molecule has 3 aromatic carbocycles. The largest absolute Gasteiger partial charge is 0.453 e. The van der Waals surface area contributed by atoms with Gasteiger partial charge in [-0.3, -0.25) is 0 Å². The molecule has 22 heavy (non-hydrogen) atoms. The summed E-state index contributed by atoms with van der Waals surface area (Å²) in [6.07, 6.45) is 0. The van der Waals surface area contributed by atoms with E-state index in [9.17, 15) is 0 Å². The SMILES string of the molecule is Nc1ccc(N2c3ccccc3Oc3cccc(N)c32)cc1. The first-order valence-electron chi connectivity index (χ1n) is 7.05. The maximum atomic E-state index is 6.21. The third kappa shape index (κ3) is 1.85. The van der Waals surface area contributed by atoms with Crippen molar-refractivity contribution >= 4 is 28.4 Å². The number of ether oxygens (including phenoxy) is 1. The number of nitrogens with zero attached hydrogens (tertiary/aromatic N) is 1. The summed E-state index contributed by atoms with van der Waals surface area (Å²) in [5.41, 5.74) is 16.2. The molecule has 4 N–H and O–H groups in total. The molecule has 4 heteroatoms. The number of anilines is 5. The van der Waals surface area contributed by atoms with E-state index in [2.05, 4.69) is 4.90 Å². The first-order valence-corrected chi connectivity index (χ1v) is 7.05. The fourth-order valence-electron chi connectivity index (χ4n) is 2.72. The van der Waals surface area contributed by atoms with Crippen molar-refractivity contribution in [3.05, 3.63) is 66.7 Å². The summed E-state index contributed by atoms with van der Waals surface area (Å²) in [6.45, 7) is 0. The third-order valence-electron chi connectivity index (χ3n) is 3.73. The molecule has 1 heterocycles. The van der Waals surface area contributed by atoms with Crippen LogP contribution >= 0.6 is 0 Å². The third-order valence-corrected chi connectivity index (χ3v) is 3.73. The van der Waals surface area contributed by atoms with Gasteiger partial charge < -0.3 is 21.1 Å². The van der Waals surface area contributed by atoms with Crippen LogP contribution in [0, 0.1) is 0 Å². The highest BCUT2D eigenvalue weighted by Crippen LogP contribution is 2.52. The van der Waals surface area contributed by atoms with E-state index in [1.54, 1.807) is 0 Å². The zero-order chi connectivity index (χ0) is 15.1. The van der Waals surface area contributed by atoms with Crippen LogP contribution in [0.2, 0.25) is 0 Å². The van der Waals surface area contributed by atoms with Gasteiger partial charge in [0.05, 0.1) is 11.4 Å². The number of para-hydroxylation sites is 3. The van der Waals surface area contributed by atoms with Crippen molar-refractivity contribution in [1.29, 1.82) is 0 Å². The molecule has 0 radical (unpaired) electrons. The Morgan fingerprint density at radius 3 is 2.27 bits per heavy atom. The molecule has 0 unspecified atom stereocenters. The number of nitrogen functional groups attached to an aromatic ring is 2. The summed E-state index contributed by atoms with van der Waals surface area (Å²) in [5, 5.41) is 0. The molecule has 3 aromatic rings. The summed E-state index contributed by atoms with van der Waals surface area (Å²) in [6, 6.07) is 21.3. The number of rotatable bonds is 1. The van der Waals surface area contributed by atoms with Gasteiger partial charge in [-0.05, 0) is 48.5 Å². The monoisotopic (exact) mass is 289 g/mol. The molecule has 1 aliphatic rings. The van der Waals surface area contributed by atoms with Crippen LogP contribution in [0.4, 0.5) is 28.4 Å². The second kappa shape index (κ2) is 4.70. The second-order valence-corrected chi connectivity index (χ2v) is 5.19. The van der Waals surface area contributed by atoms with Crippen molar-refractivity contribution in [3.63, 3.8) is 0 Å². The molecule has 1 aliphatic heterocycles. The number of nitrogens with two attached hydrogens (primary N) is 2. The highest BCUT2D eigenvalue weighted by atomic mass is 16.5. The maximum Gasteiger partial charge on any atom is 0.153 e. The molecule has 0 atom stereocenters. The van der Waals surface area contributed by atoms with Gasteiger partial charge in [0.15, 0.2) is 11.5 Å². The minimum absolute atomic E-state index is 0.670. The normalized spacial score (nSPS) is 12.3. The van der Waals surface area contributed by atoms with Crippen LogP contribution in [0.5, 0.6) is 11.5 Å². The van der Waals surface area contributed by atoms with Crippen molar-refractivity contribution in [1.82, 2.24) is 0 Å². The average Bonchev–Trinajstić information content (AvgIpc) is 2.54. The lowest BCUT2D eigenvalue weighted by Gasteiger charge is -2.33. The molecule has 4 rings (SSSR count). The lowest BCUT2D eigenvalue weighted by atomic mass is 10.1. The van der Waals surface area contributed by atoms with Crippen LogP contribution in [0.1, 0.15) is 0 Å². The van der Waals surface area contributed by atoms with Gasteiger partial charge in [-0.15, -0.1) is 0 Å². The molecule has 0 amide bonds. The first-order chi connectivity index (χ1) is 10.7. The Labute approximate surface area is 128 Å². The molecular weight excluding hydrogens is 274 g/mol. The number of hydrogen-bond acceptors (Lipinski definition) is 4. The molecule has 0 aromatic heterocycles. The Morgan fingerprint density at radius 2 is 1.45 bits per heavy atom. The van der Waals surface area contributed by atoms with Crippen molar-refractivity contribution in [2.45, 2.75) is 0 Å². The van der Waals surface area contributed by atoms with Gasteiger partial charge >= 0.3 is 0 Å². The molecule has 0 aliphatic carbocycles. The first kappa shape index (κ1) is 12.6. The van der Waals surface area contributed by atoms with E-state index < -0.39 is 0 Å². The van der Waals surface area contributed by atoms with E-state index in [1.807, 2.05) is 66.7 Å². The zero-order valence-corrected chi connectivity index (χ0v) is 11.9. The Morgan fingerprint density at radius 1 is 0.727 bits per heavy atom. The quantitative estimate of drug-likeness (QED) is 0.509. The van der Waals surface area contributed by atoms with Gasteiger partial charge in [-0.1, -0.05) is 18.2 Å². The van der Waals surface area contributed by atoms with Gasteiger partial charge in [0.2, 0.25) is 0 Å². The van der Waals surface area contributed by atoms with Gasteiger partial charge in [0, 0.05) is 11.4 Å². The molecule has 108 valence electrons. The zero-order valence-electron chi connectivity index (χ0n) is 11.9. The van der Waals surface area contributed by atoms with E-state index >= 15 is 0 Å². The van der Waals surface area contributed by atoms with E-state index in [0.29, 0.717) is 5.69 Å². The Hall–Kier alpha value is -3.14. The van der Waals surface area contributed by atoms with E-state index in [1.165, 1.54) is 0 Å². The number of hydrogen-bond donors (Lipinski definition) is 2. The summed E-state index contributed by atoms with van der Waals surface area (Å²) < 4.78 is 5.99. The minimum atomic E-state index is 0.670. The Bertz CT molecular complexity index is 843. The predicted molar refractivity (Wildman–Crippen MR) is 90.0 cm³/mol. The summed E-state index contributed by atoms with van der Waals surface area (Å²) in [5.74, 6) is 1.55. The predicted octanol–water partition coefficient (Wildman–Crippen LogP) is 4.43. The van der Waals surface area contributed by atoms with E-state index in [0.717, 1.165) is 34.2 Å². The highest BCUT2D eigenvalue weighted by Gasteiger charge is 2.27. The molecule has 0 saturated carbocycles. The van der Waals surface area contributed by atoms with Crippen molar-refractivity contribution in [3.8, 4) is 11.5 Å². The van der Waals surface area contributed by atoms with Gasteiger partial charge in [-0.2, -0.15) is 0 Å². The topological polar surface area (TPSA) is 64.5 Å². The lowest BCUT2D eigenvalue weighted by molar-refractivity contribution is 0.477. The van der Waals surface area contributed by atoms with Crippen LogP contribution in [0.25, 0.3) is 0 Å². The summed E-state index contributed by atoms with van der Waals surface area (Å²) in [7, 11) is 0. The van der Waals surface area contributed by atoms with Crippen LogP contribution in [0.15, 0.2) is 66.7 Å².